The van der Waals surface area contributed by atoms with Gasteiger partial charge in [-0.05, 0) is 36.6 Å². The molecule has 0 bridgehead atoms. The minimum absolute atomic E-state index is 0.0407. The van der Waals surface area contributed by atoms with Crippen LogP contribution in [0.1, 0.15) is 37.7 Å². The van der Waals surface area contributed by atoms with Crippen molar-refractivity contribution in [3.8, 4) is 0 Å². The van der Waals surface area contributed by atoms with E-state index in [0.717, 1.165) is 37.1 Å². The summed E-state index contributed by atoms with van der Waals surface area (Å²) in [6.45, 7) is 0.920. The molecule has 108 valence electrons. The Morgan fingerprint density at radius 1 is 1.25 bits per heavy atom. The quantitative estimate of drug-likeness (QED) is 0.586. The van der Waals surface area contributed by atoms with E-state index in [2.05, 4.69) is 4.90 Å². The number of hydrogen-bond donors (Lipinski definition) is 0. The van der Waals surface area contributed by atoms with E-state index in [4.69, 9.17) is 11.6 Å². The summed E-state index contributed by atoms with van der Waals surface area (Å²) in [4.78, 5) is 13.6. The van der Waals surface area contributed by atoms with Crippen LogP contribution in [0.2, 0.25) is 5.02 Å². The largest absolute Gasteiger partial charge is 0.361 e. The van der Waals surface area contributed by atoms with Gasteiger partial charge in [-0.15, -0.1) is 0 Å². The summed E-state index contributed by atoms with van der Waals surface area (Å²) < 4.78 is 0. The number of halogens is 1. The van der Waals surface area contributed by atoms with Crippen molar-refractivity contribution in [2.24, 2.45) is 0 Å². The number of benzene rings is 1. The van der Waals surface area contributed by atoms with Crippen LogP contribution in [0.25, 0.3) is 0 Å². The highest BCUT2D eigenvalue weighted by Crippen LogP contribution is 2.36. The third-order valence-electron chi connectivity index (χ3n) is 4.54. The second-order valence-electron chi connectivity index (χ2n) is 5.79. The second-order valence-corrected chi connectivity index (χ2v) is 6.23. The molecular formula is C15H19ClN2O2. The maximum Gasteiger partial charge on any atom is 0.237 e. The van der Waals surface area contributed by atoms with Crippen molar-refractivity contribution in [2.45, 2.75) is 50.6 Å². The molecule has 0 aromatic heterocycles. The molecule has 2 aliphatic heterocycles. The summed E-state index contributed by atoms with van der Waals surface area (Å²) in [6, 6.07) is 5.35. The highest BCUT2D eigenvalue weighted by Gasteiger charge is 2.41. The standard InChI is InChI=1S/C15H19ClN2O2/c16-12-6-7-13-11(9-12)10-15(18(19)20)14-5-3-1-2-4-8-17(13)14/h6-7,9,14-15H,1-5,8,10H2. The van der Waals surface area contributed by atoms with Gasteiger partial charge < -0.3 is 4.90 Å². The van der Waals surface area contributed by atoms with Crippen molar-refractivity contribution >= 4 is 17.3 Å². The number of hydrogen-bond acceptors (Lipinski definition) is 3. The Hall–Kier alpha value is -1.29. The second kappa shape index (κ2) is 5.60. The fraction of sp³-hybridized carbons (Fsp3) is 0.600. The van der Waals surface area contributed by atoms with Gasteiger partial charge in [-0.25, -0.2) is 0 Å². The fourth-order valence-corrected chi connectivity index (χ4v) is 3.78. The van der Waals surface area contributed by atoms with Crippen LogP contribution < -0.4 is 4.90 Å². The van der Waals surface area contributed by atoms with Crippen LogP contribution in [0.5, 0.6) is 0 Å². The van der Waals surface area contributed by atoms with Crippen LogP contribution in [0.4, 0.5) is 5.69 Å². The van der Waals surface area contributed by atoms with Crippen LogP contribution >= 0.6 is 11.6 Å². The lowest BCUT2D eigenvalue weighted by Gasteiger charge is -2.41. The van der Waals surface area contributed by atoms with Crippen molar-refractivity contribution in [3.63, 3.8) is 0 Å². The Balaban J connectivity index is 2.01. The van der Waals surface area contributed by atoms with Gasteiger partial charge in [0.05, 0.1) is 6.04 Å². The van der Waals surface area contributed by atoms with Gasteiger partial charge in [0.2, 0.25) is 6.04 Å². The van der Waals surface area contributed by atoms with Crippen LogP contribution in [-0.2, 0) is 6.42 Å². The summed E-state index contributed by atoms with van der Waals surface area (Å²) in [6.07, 6.45) is 6.05. The summed E-state index contributed by atoms with van der Waals surface area (Å²) in [5.41, 5.74) is 2.18. The fourth-order valence-electron chi connectivity index (χ4n) is 3.58. The molecule has 2 unspecified atom stereocenters. The predicted octanol–water partition coefficient (Wildman–Crippen LogP) is 3.68. The van der Waals surface area contributed by atoms with E-state index in [9.17, 15) is 10.1 Å². The summed E-state index contributed by atoms with van der Waals surface area (Å²) in [5, 5.41) is 12.1. The number of rotatable bonds is 1. The molecule has 1 fully saturated rings. The molecule has 0 amide bonds. The maximum atomic E-state index is 11.4. The first kappa shape index (κ1) is 13.7. The smallest absolute Gasteiger partial charge is 0.237 e. The lowest BCUT2D eigenvalue weighted by molar-refractivity contribution is -0.526. The molecule has 0 spiro atoms. The van der Waals surface area contributed by atoms with Crippen molar-refractivity contribution in [2.75, 3.05) is 11.4 Å². The van der Waals surface area contributed by atoms with E-state index >= 15 is 0 Å². The molecular weight excluding hydrogens is 276 g/mol. The number of nitro groups is 1. The van der Waals surface area contributed by atoms with E-state index < -0.39 is 6.04 Å². The van der Waals surface area contributed by atoms with Crippen molar-refractivity contribution in [1.82, 2.24) is 0 Å². The summed E-state index contributed by atoms with van der Waals surface area (Å²) in [5.74, 6) is 0. The zero-order valence-corrected chi connectivity index (χ0v) is 12.2. The van der Waals surface area contributed by atoms with Crippen molar-refractivity contribution in [1.29, 1.82) is 0 Å². The average molecular weight is 295 g/mol. The normalized spacial score (nSPS) is 26.1. The molecule has 0 aliphatic carbocycles. The van der Waals surface area contributed by atoms with E-state index in [1.165, 1.54) is 12.8 Å². The molecule has 0 radical (unpaired) electrons. The topological polar surface area (TPSA) is 46.4 Å². The lowest BCUT2D eigenvalue weighted by atomic mass is 9.87. The molecule has 4 nitrogen and oxygen atoms in total. The van der Waals surface area contributed by atoms with Crippen molar-refractivity contribution < 1.29 is 4.92 Å². The van der Waals surface area contributed by atoms with E-state index in [-0.39, 0.29) is 11.0 Å². The Morgan fingerprint density at radius 3 is 2.85 bits per heavy atom. The molecule has 3 rings (SSSR count). The predicted molar refractivity (Wildman–Crippen MR) is 80.2 cm³/mol. The van der Waals surface area contributed by atoms with Gasteiger partial charge in [-0.3, -0.25) is 10.1 Å². The monoisotopic (exact) mass is 294 g/mol. The van der Waals surface area contributed by atoms with Gasteiger partial charge in [0.1, 0.15) is 0 Å². The van der Waals surface area contributed by atoms with Gasteiger partial charge in [-0.2, -0.15) is 0 Å². The first-order valence-electron chi connectivity index (χ1n) is 7.35. The van der Waals surface area contributed by atoms with Gasteiger partial charge in [0, 0.05) is 28.6 Å². The summed E-state index contributed by atoms with van der Waals surface area (Å²) in [7, 11) is 0. The van der Waals surface area contributed by atoms with Crippen molar-refractivity contribution in [3.05, 3.63) is 38.9 Å². The van der Waals surface area contributed by atoms with Gasteiger partial charge >= 0.3 is 0 Å². The molecule has 0 N–H and O–H groups in total. The van der Waals surface area contributed by atoms with E-state index in [1.807, 2.05) is 18.2 Å². The van der Waals surface area contributed by atoms with E-state index in [0.29, 0.717) is 11.4 Å². The van der Waals surface area contributed by atoms with Gasteiger partial charge in [0.25, 0.3) is 0 Å². The molecule has 20 heavy (non-hydrogen) atoms. The maximum absolute atomic E-state index is 11.4. The van der Waals surface area contributed by atoms with Crippen LogP contribution in [0, 0.1) is 10.1 Å². The molecule has 5 heteroatoms. The number of anilines is 1. The first-order chi connectivity index (χ1) is 9.66. The third-order valence-corrected chi connectivity index (χ3v) is 4.78. The highest BCUT2D eigenvalue weighted by molar-refractivity contribution is 6.30. The van der Waals surface area contributed by atoms with Crippen LogP contribution in [0.15, 0.2) is 18.2 Å². The van der Waals surface area contributed by atoms with Crippen LogP contribution in [0.3, 0.4) is 0 Å². The molecule has 1 saturated heterocycles. The molecule has 0 saturated carbocycles. The molecule has 2 aliphatic rings. The third kappa shape index (κ3) is 2.49. The Labute approximate surface area is 123 Å². The molecule has 2 heterocycles. The van der Waals surface area contributed by atoms with Crippen LogP contribution in [-0.4, -0.2) is 23.6 Å². The number of fused-ring (bicyclic) bond motifs is 3. The SMILES string of the molecule is O=[N+]([O-])C1Cc2cc(Cl)ccc2N2CCCCCCC12. The first-order valence-corrected chi connectivity index (χ1v) is 7.73. The minimum Gasteiger partial charge on any atom is -0.361 e. The average Bonchev–Trinajstić information content (AvgIpc) is 2.37. The molecule has 2 atom stereocenters. The molecule has 1 aromatic carbocycles. The lowest BCUT2D eigenvalue weighted by Crippen LogP contribution is -2.52. The van der Waals surface area contributed by atoms with E-state index in [1.54, 1.807) is 0 Å². The Morgan fingerprint density at radius 2 is 2.05 bits per heavy atom. The Bertz CT molecular complexity index is 521. The zero-order valence-electron chi connectivity index (χ0n) is 11.4. The molecule has 1 aromatic rings. The zero-order chi connectivity index (χ0) is 14.1. The number of nitrogens with zero attached hydrogens (tertiary/aromatic N) is 2. The Kier molecular flexibility index (Phi) is 3.83. The van der Waals surface area contributed by atoms with Gasteiger partial charge in [0.15, 0.2) is 0 Å². The minimum atomic E-state index is -0.501. The highest BCUT2D eigenvalue weighted by atomic mass is 35.5. The summed E-state index contributed by atoms with van der Waals surface area (Å²) >= 11 is 6.05. The van der Waals surface area contributed by atoms with Gasteiger partial charge in [-0.1, -0.05) is 30.9 Å².